The van der Waals surface area contributed by atoms with Crippen LogP contribution >= 0.6 is 11.3 Å². The van der Waals surface area contributed by atoms with Crippen LogP contribution in [0.3, 0.4) is 0 Å². The van der Waals surface area contributed by atoms with E-state index in [1.54, 1.807) is 11.3 Å². The maximum atomic E-state index is 5.44. The monoisotopic (exact) mass is 323 g/mol. The van der Waals surface area contributed by atoms with Crippen molar-refractivity contribution >= 4 is 17.0 Å². The number of aryl methyl sites for hydroxylation is 1. The summed E-state index contributed by atoms with van der Waals surface area (Å²) in [7, 11) is 2.06. The van der Waals surface area contributed by atoms with Crippen molar-refractivity contribution in [2.75, 3.05) is 18.5 Å². The molecule has 5 heteroatoms. The van der Waals surface area contributed by atoms with Crippen molar-refractivity contribution in [3.05, 3.63) is 53.2 Å². The fraction of sp³-hybridized carbons (Fsp3) is 0.222. The van der Waals surface area contributed by atoms with E-state index in [1.165, 1.54) is 0 Å². The Hall–Kier alpha value is -2.58. The first-order valence-corrected chi connectivity index (χ1v) is 8.28. The first-order valence-electron chi connectivity index (χ1n) is 7.40. The average molecular weight is 323 g/mol. The van der Waals surface area contributed by atoms with E-state index in [-0.39, 0.29) is 0 Å². The number of hydrogen-bond acceptors (Lipinski definition) is 5. The summed E-state index contributed by atoms with van der Waals surface area (Å²) in [5.74, 6) is 4.01. The Balaban J connectivity index is 1.54. The quantitative estimate of drug-likeness (QED) is 0.646. The van der Waals surface area contributed by atoms with Gasteiger partial charge in [-0.05, 0) is 36.1 Å². The summed E-state index contributed by atoms with van der Waals surface area (Å²) in [5.41, 5.74) is 2.01. The third kappa shape index (κ3) is 3.79. The second kappa shape index (κ2) is 7.12. The molecule has 0 bridgehead atoms. The van der Waals surface area contributed by atoms with Crippen LogP contribution in [0.4, 0.5) is 5.69 Å². The second-order valence-electron chi connectivity index (χ2n) is 5.21. The highest BCUT2D eigenvalue weighted by Crippen LogP contribution is 2.21. The van der Waals surface area contributed by atoms with Crippen molar-refractivity contribution in [1.29, 1.82) is 0 Å². The maximum Gasteiger partial charge on any atom is 0.227 e. The molecule has 0 N–H and O–H groups in total. The standard InChI is InChI=1S/C18H17N3OS/c1-3-14-7-4-8-15(13-14)21(2)11-5-10-17-19-18(20-22-17)16-9-6-12-23-16/h1,4,6-9,12-13H,5,10-11H2,2H3. The second-order valence-corrected chi connectivity index (χ2v) is 6.16. The van der Waals surface area contributed by atoms with Gasteiger partial charge in [0.15, 0.2) is 0 Å². The van der Waals surface area contributed by atoms with E-state index in [0.29, 0.717) is 11.7 Å². The summed E-state index contributed by atoms with van der Waals surface area (Å²) in [5, 5.41) is 6.03. The number of benzene rings is 1. The minimum atomic E-state index is 0.671. The fourth-order valence-electron chi connectivity index (χ4n) is 2.29. The van der Waals surface area contributed by atoms with E-state index in [0.717, 1.165) is 35.5 Å². The van der Waals surface area contributed by atoms with Crippen LogP contribution in [0.25, 0.3) is 10.7 Å². The molecule has 116 valence electrons. The van der Waals surface area contributed by atoms with Gasteiger partial charge in [0.25, 0.3) is 0 Å². The lowest BCUT2D eigenvalue weighted by molar-refractivity contribution is 0.376. The molecule has 1 aromatic carbocycles. The highest BCUT2D eigenvalue weighted by atomic mass is 32.1. The Kier molecular flexibility index (Phi) is 4.74. The number of rotatable bonds is 6. The van der Waals surface area contributed by atoms with Crippen molar-refractivity contribution in [2.24, 2.45) is 0 Å². The van der Waals surface area contributed by atoms with E-state index in [2.05, 4.69) is 34.1 Å². The van der Waals surface area contributed by atoms with Crippen LogP contribution in [0.15, 0.2) is 46.3 Å². The highest BCUT2D eigenvalue weighted by Gasteiger charge is 2.09. The van der Waals surface area contributed by atoms with E-state index < -0.39 is 0 Å². The normalized spacial score (nSPS) is 10.4. The molecule has 3 aromatic rings. The van der Waals surface area contributed by atoms with Crippen molar-refractivity contribution in [3.8, 4) is 23.0 Å². The topological polar surface area (TPSA) is 42.2 Å². The average Bonchev–Trinajstić information content (AvgIpc) is 3.26. The van der Waals surface area contributed by atoms with Gasteiger partial charge in [-0.25, -0.2) is 0 Å². The van der Waals surface area contributed by atoms with E-state index in [4.69, 9.17) is 10.9 Å². The third-order valence-corrected chi connectivity index (χ3v) is 4.41. The lowest BCUT2D eigenvalue weighted by atomic mass is 10.2. The summed E-state index contributed by atoms with van der Waals surface area (Å²) < 4.78 is 5.31. The first-order chi connectivity index (χ1) is 11.3. The molecule has 0 saturated heterocycles. The lowest BCUT2D eigenvalue weighted by Gasteiger charge is -2.19. The molecule has 3 rings (SSSR count). The molecule has 2 aromatic heterocycles. The predicted molar refractivity (Wildman–Crippen MR) is 93.6 cm³/mol. The van der Waals surface area contributed by atoms with E-state index in [9.17, 15) is 0 Å². The van der Waals surface area contributed by atoms with Crippen LogP contribution in [0.2, 0.25) is 0 Å². The van der Waals surface area contributed by atoms with E-state index in [1.807, 2.05) is 35.7 Å². The smallest absolute Gasteiger partial charge is 0.227 e. The predicted octanol–water partition coefficient (Wildman–Crippen LogP) is 3.85. The van der Waals surface area contributed by atoms with Gasteiger partial charge >= 0.3 is 0 Å². The Morgan fingerprint density at radius 2 is 2.22 bits per heavy atom. The van der Waals surface area contributed by atoms with Crippen LogP contribution in [0.1, 0.15) is 17.9 Å². The molecule has 4 nitrogen and oxygen atoms in total. The SMILES string of the molecule is C#Cc1cccc(N(C)CCCc2nc(-c3cccs3)no2)c1. The van der Waals surface area contributed by atoms with Gasteiger partial charge in [-0.15, -0.1) is 17.8 Å². The van der Waals surface area contributed by atoms with Crippen molar-refractivity contribution in [3.63, 3.8) is 0 Å². The zero-order chi connectivity index (χ0) is 16.1. The number of terminal acetylenes is 1. The van der Waals surface area contributed by atoms with Crippen molar-refractivity contribution in [1.82, 2.24) is 10.1 Å². The largest absolute Gasteiger partial charge is 0.375 e. The molecule has 2 heterocycles. The number of thiophene rings is 1. The summed E-state index contributed by atoms with van der Waals surface area (Å²) in [6.45, 7) is 0.894. The van der Waals surface area contributed by atoms with Crippen LogP contribution in [-0.4, -0.2) is 23.7 Å². The summed E-state index contributed by atoms with van der Waals surface area (Å²) in [6, 6.07) is 12.0. The van der Waals surface area contributed by atoms with Crippen LogP contribution in [0, 0.1) is 12.3 Å². The van der Waals surface area contributed by atoms with Gasteiger partial charge in [-0.2, -0.15) is 4.98 Å². The fourth-order valence-corrected chi connectivity index (χ4v) is 2.94. The summed E-state index contributed by atoms with van der Waals surface area (Å²) in [6.07, 6.45) is 7.14. The van der Waals surface area contributed by atoms with Crippen molar-refractivity contribution in [2.45, 2.75) is 12.8 Å². The van der Waals surface area contributed by atoms with Gasteiger partial charge in [-0.3, -0.25) is 0 Å². The number of anilines is 1. The molecule has 0 amide bonds. The molecule has 0 radical (unpaired) electrons. The van der Waals surface area contributed by atoms with Gasteiger partial charge in [0.05, 0.1) is 4.88 Å². The molecule has 23 heavy (non-hydrogen) atoms. The van der Waals surface area contributed by atoms with Crippen LogP contribution in [-0.2, 0) is 6.42 Å². The molecule has 0 aliphatic rings. The maximum absolute atomic E-state index is 5.44. The van der Waals surface area contributed by atoms with E-state index >= 15 is 0 Å². The summed E-state index contributed by atoms with van der Waals surface area (Å²) in [4.78, 5) is 7.65. The zero-order valence-corrected chi connectivity index (χ0v) is 13.7. The summed E-state index contributed by atoms with van der Waals surface area (Å²) >= 11 is 1.61. The molecule has 0 aliphatic carbocycles. The Labute approximate surface area is 139 Å². The highest BCUT2D eigenvalue weighted by molar-refractivity contribution is 7.13. The molecule has 0 saturated carbocycles. The zero-order valence-electron chi connectivity index (χ0n) is 12.9. The first kappa shape index (κ1) is 15.3. The Morgan fingerprint density at radius 1 is 1.30 bits per heavy atom. The molecular weight excluding hydrogens is 306 g/mol. The molecule has 0 atom stereocenters. The molecule has 0 aliphatic heterocycles. The minimum absolute atomic E-state index is 0.671. The third-order valence-electron chi connectivity index (χ3n) is 3.55. The molecular formula is C18H17N3OS. The minimum Gasteiger partial charge on any atom is -0.375 e. The van der Waals surface area contributed by atoms with Gasteiger partial charge in [0.2, 0.25) is 11.7 Å². The molecule has 0 spiro atoms. The molecule has 0 fully saturated rings. The van der Waals surface area contributed by atoms with Gasteiger partial charge < -0.3 is 9.42 Å². The number of nitrogens with zero attached hydrogens (tertiary/aromatic N) is 3. The van der Waals surface area contributed by atoms with Crippen LogP contribution < -0.4 is 4.90 Å². The number of aromatic nitrogens is 2. The molecule has 0 unspecified atom stereocenters. The van der Waals surface area contributed by atoms with Crippen LogP contribution in [0.5, 0.6) is 0 Å². The van der Waals surface area contributed by atoms with Gasteiger partial charge in [-0.1, -0.05) is 23.2 Å². The lowest BCUT2D eigenvalue weighted by Crippen LogP contribution is -2.19. The van der Waals surface area contributed by atoms with Gasteiger partial charge in [0, 0.05) is 31.3 Å². The number of hydrogen-bond donors (Lipinski definition) is 0. The Bertz CT molecular complexity index is 802. The van der Waals surface area contributed by atoms with Gasteiger partial charge in [0.1, 0.15) is 0 Å². The van der Waals surface area contributed by atoms with Crippen molar-refractivity contribution < 1.29 is 4.52 Å². The Morgan fingerprint density at radius 3 is 3.00 bits per heavy atom.